The zero-order chi connectivity index (χ0) is 8.72. The Morgan fingerprint density at radius 2 is 2.15 bits per heavy atom. The maximum Gasteiger partial charge on any atom is 0.329 e. The Kier molecular flexibility index (Phi) is 2.74. The molecule has 63 valence electrons. The first kappa shape index (κ1) is 10.2. The maximum absolute atomic E-state index is 11.3. The van der Waals surface area contributed by atoms with Crippen molar-refractivity contribution in [3.8, 4) is 0 Å². The van der Waals surface area contributed by atoms with Crippen molar-refractivity contribution in [1.29, 1.82) is 0 Å². The predicted molar refractivity (Wildman–Crippen MR) is 47.7 cm³/mol. The summed E-state index contributed by atoms with van der Waals surface area (Å²) in [5.41, 5.74) is -0.217. The zero-order valence-corrected chi connectivity index (χ0v) is 9.29. The first-order valence-electron chi connectivity index (χ1n) is 3.32. The smallest absolute Gasteiger partial charge is 0.329 e. The van der Waals surface area contributed by atoms with Gasteiger partial charge in [-0.3, -0.25) is 14.3 Å². The Bertz CT molecular complexity index is 537. The number of hydrogen-bond acceptors (Lipinski definition) is 3. The van der Waals surface area contributed by atoms with Gasteiger partial charge in [-0.05, 0) is 0 Å². The van der Waals surface area contributed by atoms with E-state index in [-0.39, 0.29) is 35.1 Å². The van der Waals surface area contributed by atoms with E-state index in [0.29, 0.717) is 11.2 Å². The van der Waals surface area contributed by atoms with Gasteiger partial charge in [-0.15, -0.1) is 0 Å². The van der Waals surface area contributed by atoms with Gasteiger partial charge in [0.1, 0.15) is 5.52 Å². The Morgan fingerprint density at radius 1 is 1.46 bits per heavy atom. The number of aromatic nitrogens is 4. The maximum atomic E-state index is 11.3. The summed E-state index contributed by atoms with van der Waals surface area (Å²) >= 11 is 0. The van der Waals surface area contributed by atoms with Crippen molar-refractivity contribution in [3.05, 3.63) is 27.2 Å². The molecule has 0 aliphatic carbocycles. The molecule has 0 unspecified atom stereocenters. The van der Waals surface area contributed by atoms with Gasteiger partial charge >= 0.3 is 5.69 Å². The molecule has 2 N–H and O–H groups in total. The molecule has 0 aliphatic heterocycles. The van der Waals surface area contributed by atoms with E-state index in [1.165, 1.54) is 13.4 Å². The largest absolute Gasteiger partial charge is 0.339 e. The SMILES string of the molecule is Cn1c(=O)[nH]c2nc[nH]c2c1=O.[Na]. The molecule has 0 saturated carbocycles. The molecule has 0 atom stereocenters. The molecule has 6 nitrogen and oxygen atoms in total. The average Bonchev–Trinajstić information content (AvgIpc) is 2.48. The van der Waals surface area contributed by atoms with Gasteiger partial charge < -0.3 is 4.98 Å². The standard InChI is InChI=1S/C6H6N4O2.Na/c1-10-5(11)3-4(8-2-7-3)9-6(10)12;/h2H,1H3,(H,7,8)(H,9,12);. The van der Waals surface area contributed by atoms with E-state index in [1.807, 2.05) is 0 Å². The number of nitrogens with one attached hydrogen (secondary N) is 2. The van der Waals surface area contributed by atoms with Gasteiger partial charge in [0.25, 0.3) is 5.56 Å². The van der Waals surface area contributed by atoms with E-state index in [2.05, 4.69) is 15.0 Å². The molecular formula is C6H6N4NaO2. The molecule has 0 spiro atoms. The molecule has 0 fully saturated rings. The van der Waals surface area contributed by atoms with E-state index < -0.39 is 5.69 Å². The molecule has 0 bridgehead atoms. The molecule has 2 aromatic heterocycles. The number of aromatic amines is 2. The summed E-state index contributed by atoms with van der Waals surface area (Å²) in [6, 6.07) is 0. The van der Waals surface area contributed by atoms with Crippen molar-refractivity contribution < 1.29 is 0 Å². The number of nitrogens with zero attached hydrogens (tertiary/aromatic N) is 2. The fourth-order valence-corrected chi connectivity index (χ4v) is 0.997. The van der Waals surface area contributed by atoms with Crippen LogP contribution in [0.5, 0.6) is 0 Å². The molecule has 0 aromatic carbocycles. The Labute approximate surface area is 94.3 Å². The first-order chi connectivity index (χ1) is 5.70. The van der Waals surface area contributed by atoms with Crippen molar-refractivity contribution in [1.82, 2.24) is 19.5 Å². The second-order valence-corrected chi connectivity index (χ2v) is 2.42. The summed E-state index contributed by atoms with van der Waals surface area (Å²) in [4.78, 5) is 31.1. The number of fused-ring (bicyclic) bond motifs is 1. The van der Waals surface area contributed by atoms with Crippen LogP contribution in [0.3, 0.4) is 0 Å². The summed E-state index contributed by atoms with van der Waals surface area (Å²) in [7, 11) is 1.40. The van der Waals surface area contributed by atoms with Crippen molar-refractivity contribution >= 4 is 40.7 Å². The van der Waals surface area contributed by atoms with Crippen LogP contribution >= 0.6 is 0 Å². The van der Waals surface area contributed by atoms with Gasteiger partial charge in [-0.1, -0.05) is 0 Å². The van der Waals surface area contributed by atoms with Crippen LogP contribution in [-0.4, -0.2) is 49.1 Å². The molecule has 13 heavy (non-hydrogen) atoms. The average molecular weight is 189 g/mol. The van der Waals surface area contributed by atoms with Gasteiger partial charge in [0.15, 0.2) is 5.65 Å². The summed E-state index contributed by atoms with van der Waals surface area (Å²) in [5, 5.41) is 0. The van der Waals surface area contributed by atoms with Crippen LogP contribution in [0.1, 0.15) is 0 Å². The van der Waals surface area contributed by atoms with Crippen molar-refractivity contribution in [3.63, 3.8) is 0 Å². The van der Waals surface area contributed by atoms with Gasteiger partial charge in [0, 0.05) is 36.6 Å². The van der Waals surface area contributed by atoms with Gasteiger partial charge in [-0.2, -0.15) is 0 Å². The van der Waals surface area contributed by atoms with Crippen LogP contribution in [0.4, 0.5) is 0 Å². The first-order valence-corrected chi connectivity index (χ1v) is 3.32. The Hall–Kier alpha value is -0.850. The molecule has 7 heteroatoms. The molecule has 1 radical (unpaired) electrons. The fraction of sp³-hybridized carbons (Fsp3) is 0.167. The second kappa shape index (κ2) is 3.49. The van der Waals surface area contributed by atoms with Crippen molar-refractivity contribution in [2.45, 2.75) is 0 Å². The third kappa shape index (κ3) is 1.48. The second-order valence-electron chi connectivity index (χ2n) is 2.42. The molecule has 2 rings (SSSR count). The summed E-state index contributed by atoms with van der Waals surface area (Å²) in [5.74, 6) is 0. The quantitative estimate of drug-likeness (QED) is 0.498. The minimum absolute atomic E-state index is 0. The zero-order valence-electron chi connectivity index (χ0n) is 7.29. The summed E-state index contributed by atoms with van der Waals surface area (Å²) in [6.45, 7) is 0. The molecular weight excluding hydrogens is 183 g/mol. The van der Waals surface area contributed by atoms with Crippen LogP contribution in [0.2, 0.25) is 0 Å². The van der Waals surface area contributed by atoms with E-state index in [4.69, 9.17) is 0 Å². The predicted octanol–water partition coefficient (Wildman–Crippen LogP) is -1.43. The molecule has 0 aliphatic rings. The number of hydrogen-bond donors (Lipinski definition) is 2. The third-order valence-electron chi connectivity index (χ3n) is 1.69. The normalized spacial score (nSPS) is 9.92. The molecule has 2 aromatic rings. The van der Waals surface area contributed by atoms with E-state index in [1.54, 1.807) is 0 Å². The fourth-order valence-electron chi connectivity index (χ4n) is 0.997. The summed E-state index contributed by atoms with van der Waals surface area (Å²) < 4.78 is 0.987. The van der Waals surface area contributed by atoms with Gasteiger partial charge in [0.2, 0.25) is 0 Å². The van der Waals surface area contributed by atoms with E-state index in [0.717, 1.165) is 4.57 Å². The minimum Gasteiger partial charge on any atom is -0.339 e. The summed E-state index contributed by atoms with van der Waals surface area (Å²) in [6.07, 6.45) is 1.36. The van der Waals surface area contributed by atoms with Gasteiger partial charge in [-0.25, -0.2) is 9.78 Å². The number of rotatable bonds is 0. The molecule has 2 heterocycles. The monoisotopic (exact) mass is 189 g/mol. The van der Waals surface area contributed by atoms with E-state index >= 15 is 0 Å². The van der Waals surface area contributed by atoms with Gasteiger partial charge in [0.05, 0.1) is 6.33 Å². The number of H-pyrrole nitrogens is 2. The van der Waals surface area contributed by atoms with Crippen LogP contribution in [0, 0.1) is 0 Å². The van der Waals surface area contributed by atoms with Crippen LogP contribution in [0.25, 0.3) is 11.2 Å². The Morgan fingerprint density at radius 3 is 2.85 bits per heavy atom. The van der Waals surface area contributed by atoms with Crippen molar-refractivity contribution in [2.24, 2.45) is 7.05 Å². The van der Waals surface area contributed by atoms with Crippen LogP contribution < -0.4 is 11.2 Å². The minimum atomic E-state index is -0.459. The third-order valence-corrected chi connectivity index (χ3v) is 1.69. The molecule has 0 amide bonds. The molecule has 0 saturated heterocycles. The number of imidazole rings is 1. The van der Waals surface area contributed by atoms with E-state index in [9.17, 15) is 9.59 Å². The Balaban J connectivity index is 0.000000845. The topological polar surface area (TPSA) is 83.5 Å². The van der Waals surface area contributed by atoms with Crippen molar-refractivity contribution in [2.75, 3.05) is 0 Å². The van der Waals surface area contributed by atoms with Crippen LogP contribution in [0.15, 0.2) is 15.9 Å². The van der Waals surface area contributed by atoms with Crippen LogP contribution in [-0.2, 0) is 7.05 Å².